The Bertz CT molecular complexity index is 1800. The van der Waals surface area contributed by atoms with Gasteiger partial charge in [0.05, 0.1) is 6.61 Å². The van der Waals surface area contributed by atoms with Crippen molar-refractivity contribution in [2.75, 3.05) is 13.2 Å². The molecule has 0 aliphatic rings. The van der Waals surface area contributed by atoms with Gasteiger partial charge in [-0.25, -0.2) is 0 Å². The fourth-order valence-corrected chi connectivity index (χ4v) is 11.2. The van der Waals surface area contributed by atoms with E-state index in [4.69, 9.17) is 9.47 Å². The molecule has 0 rings (SSSR count). The second-order valence-electron chi connectivity index (χ2n) is 25.7. The number of unbranched alkanes of at least 4 members (excludes halogenated alkanes) is 41. The number of hydrogen-bond donors (Lipinski definition) is 1. The number of allylic oxidation sites excluding steroid dienone is 22. The van der Waals surface area contributed by atoms with Gasteiger partial charge in [-0.3, -0.25) is 9.59 Å². The minimum Gasteiger partial charge on any atom is -0.462 e. The van der Waals surface area contributed by atoms with E-state index in [2.05, 4.69) is 148 Å². The molecular formula is C85H146O5. The zero-order valence-corrected chi connectivity index (χ0v) is 59.4. The molecule has 0 bridgehead atoms. The van der Waals surface area contributed by atoms with Crippen LogP contribution in [-0.4, -0.2) is 36.4 Å². The summed E-state index contributed by atoms with van der Waals surface area (Å²) in [6.45, 7) is 3.95. The molecule has 1 unspecified atom stereocenters. The third kappa shape index (κ3) is 76.5. The number of aliphatic hydroxyl groups is 1. The van der Waals surface area contributed by atoms with Gasteiger partial charge in [-0.2, -0.15) is 0 Å². The standard InChI is InChI=1S/C85H146O5/c1-3-5-7-9-11-13-15-17-19-21-23-25-27-29-31-33-35-37-39-40-41-42-43-44-46-48-50-52-54-56-58-60-62-64-66-68-70-72-74-76-78-80-85(88)90-83(81-86)82-89-84(87)79-77-75-73-71-69-67-65-63-61-59-57-55-53-51-49-47-45-38-36-34-32-30-28-26-24-22-20-18-16-14-12-10-8-6-4-2/h5-8,11-14,17-20,23-26,29-32,35,37,83,86H,3-4,9-10,15-16,21-22,27-28,33-34,36,38-82H2,1-2H3/b7-5-,8-6-,13-11-,14-12-,19-17-,20-18-,25-23-,26-24-,31-29-,32-30-,37-35-. The molecule has 0 saturated carbocycles. The molecule has 516 valence electrons. The van der Waals surface area contributed by atoms with Gasteiger partial charge in [0, 0.05) is 12.8 Å². The van der Waals surface area contributed by atoms with E-state index in [1.807, 2.05) is 0 Å². The zero-order valence-electron chi connectivity index (χ0n) is 59.4. The second kappa shape index (κ2) is 79.3. The van der Waals surface area contributed by atoms with Crippen molar-refractivity contribution in [3.05, 3.63) is 134 Å². The highest BCUT2D eigenvalue weighted by Gasteiger charge is 2.16. The van der Waals surface area contributed by atoms with E-state index in [0.717, 1.165) is 109 Å². The van der Waals surface area contributed by atoms with E-state index in [1.54, 1.807) is 0 Å². The van der Waals surface area contributed by atoms with Crippen molar-refractivity contribution in [1.29, 1.82) is 0 Å². The van der Waals surface area contributed by atoms with E-state index >= 15 is 0 Å². The Balaban J connectivity index is 3.42. The van der Waals surface area contributed by atoms with Gasteiger partial charge >= 0.3 is 11.9 Å². The molecule has 5 heteroatoms. The molecule has 0 aromatic heterocycles. The number of carbonyl (C=O) groups excluding carboxylic acids is 2. The van der Waals surface area contributed by atoms with Crippen LogP contribution in [0, 0.1) is 0 Å². The highest BCUT2D eigenvalue weighted by atomic mass is 16.6. The molecular weight excluding hydrogens is 1100 g/mol. The Morgan fingerprint density at radius 1 is 0.256 bits per heavy atom. The van der Waals surface area contributed by atoms with Crippen LogP contribution in [0.15, 0.2) is 134 Å². The number of ether oxygens (including phenoxy) is 2. The van der Waals surface area contributed by atoms with Crippen molar-refractivity contribution in [3.63, 3.8) is 0 Å². The first-order chi connectivity index (χ1) is 44.6. The normalized spacial score (nSPS) is 13.0. The van der Waals surface area contributed by atoms with E-state index in [0.29, 0.717) is 12.8 Å². The van der Waals surface area contributed by atoms with Gasteiger partial charge in [-0.15, -0.1) is 0 Å². The maximum absolute atomic E-state index is 12.4. The van der Waals surface area contributed by atoms with Crippen molar-refractivity contribution in [2.24, 2.45) is 0 Å². The first-order valence-corrected chi connectivity index (χ1v) is 38.7. The third-order valence-electron chi connectivity index (χ3n) is 16.9. The zero-order chi connectivity index (χ0) is 64.7. The Morgan fingerprint density at radius 2 is 0.444 bits per heavy atom. The predicted molar refractivity (Wildman–Crippen MR) is 398 cm³/mol. The first kappa shape index (κ1) is 86.0. The molecule has 0 saturated heterocycles. The van der Waals surface area contributed by atoms with Crippen LogP contribution in [0.5, 0.6) is 0 Å². The Hall–Kier alpha value is -3.96. The second-order valence-corrected chi connectivity index (χ2v) is 25.7. The van der Waals surface area contributed by atoms with Crippen molar-refractivity contribution in [1.82, 2.24) is 0 Å². The SMILES string of the molecule is CC/C=C\C/C=C\C/C=C\C/C=C\C/C=C\C/C=C\CCCCCCCCCCCCCCCCCCCCCCCCC(=O)OC(CO)COC(=O)CCCCCCCCCCCCCCCCCCCCC/C=C\C/C=C\C/C=C\C/C=C\C/C=C\CC. The topological polar surface area (TPSA) is 72.8 Å². The number of esters is 2. The summed E-state index contributed by atoms with van der Waals surface area (Å²) in [5, 5.41) is 9.73. The van der Waals surface area contributed by atoms with Crippen LogP contribution >= 0.6 is 0 Å². The van der Waals surface area contributed by atoms with Crippen LogP contribution < -0.4 is 0 Å². The van der Waals surface area contributed by atoms with Crippen LogP contribution in [0.2, 0.25) is 0 Å². The lowest BCUT2D eigenvalue weighted by molar-refractivity contribution is -0.161. The summed E-state index contributed by atoms with van der Waals surface area (Å²) in [6.07, 6.45) is 118. The van der Waals surface area contributed by atoms with Gasteiger partial charge in [0.2, 0.25) is 0 Å². The van der Waals surface area contributed by atoms with Gasteiger partial charge in [-0.1, -0.05) is 385 Å². The summed E-state index contributed by atoms with van der Waals surface area (Å²) in [5.41, 5.74) is 0. The lowest BCUT2D eigenvalue weighted by atomic mass is 10.0. The van der Waals surface area contributed by atoms with Gasteiger partial charge in [-0.05, 0) is 109 Å². The largest absolute Gasteiger partial charge is 0.462 e. The number of carbonyl (C=O) groups is 2. The minimum atomic E-state index is -0.777. The molecule has 90 heavy (non-hydrogen) atoms. The van der Waals surface area contributed by atoms with Crippen molar-refractivity contribution < 1.29 is 24.2 Å². The van der Waals surface area contributed by atoms with Crippen molar-refractivity contribution >= 4 is 11.9 Å². The van der Waals surface area contributed by atoms with Crippen LogP contribution in [0.25, 0.3) is 0 Å². The van der Waals surface area contributed by atoms with Crippen molar-refractivity contribution in [3.8, 4) is 0 Å². The average Bonchev–Trinajstić information content (AvgIpc) is 3.60. The maximum Gasteiger partial charge on any atom is 0.306 e. The monoisotopic (exact) mass is 1250 g/mol. The molecule has 0 aromatic carbocycles. The Morgan fingerprint density at radius 3 is 0.667 bits per heavy atom. The van der Waals surface area contributed by atoms with Crippen LogP contribution in [-0.2, 0) is 19.1 Å². The molecule has 0 radical (unpaired) electrons. The molecule has 5 nitrogen and oxygen atoms in total. The average molecular weight is 1250 g/mol. The summed E-state index contributed by atoms with van der Waals surface area (Å²) in [5.74, 6) is -0.575. The summed E-state index contributed by atoms with van der Waals surface area (Å²) in [6, 6.07) is 0. The van der Waals surface area contributed by atoms with Crippen molar-refractivity contribution in [2.45, 2.75) is 380 Å². The molecule has 0 heterocycles. The first-order valence-electron chi connectivity index (χ1n) is 38.7. The molecule has 0 aliphatic carbocycles. The molecule has 0 spiro atoms. The van der Waals surface area contributed by atoms with E-state index in [-0.39, 0.29) is 25.2 Å². The minimum absolute atomic E-state index is 0.0650. The maximum atomic E-state index is 12.4. The number of aliphatic hydroxyl groups excluding tert-OH is 1. The van der Waals surface area contributed by atoms with Gasteiger partial charge in [0.15, 0.2) is 6.10 Å². The molecule has 0 aliphatic heterocycles. The Kier molecular flexibility index (Phi) is 75.8. The van der Waals surface area contributed by atoms with Crippen LogP contribution in [0.4, 0.5) is 0 Å². The summed E-state index contributed by atoms with van der Waals surface area (Å²) in [7, 11) is 0. The summed E-state index contributed by atoms with van der Waals surface area (Å²) in [4.78, 5) is 24.7. The fraction of sp³-hybridized carbons (Fsp3) is 0.718. The number of hydrogen-bond acceptors (Lipinski definition) is 5. The fourth-order valence-electron chi connectivity index (χ4n) is 11.2. The van der Waals surface area contributed by atoms with Gasteiger partial charge in [0.1, 0.15) is 6.61 Å². The molecule has 0 aromatic rings. The smallest absolute Gasteiger partial charge is 0.306 e. The molecule has 1 N–H and O–H groups in total. The molecule has 0 amide bonds. The molecule has 0 fully saturated rings. The van der Waals surface area contributed by atoms with Crippen LogP contribution in [0.3, 0.4) is 0 Å². The lowest BCUT2D eigenvalue weighted by Crippen LogP contribution is -2.28. The van der Waals surface area contributed by atoms with Gasteiger partial charge in [0.25, 0.3) is 0 Å². The highest BCUT2D eigenvalue weighted by Crippen LogP contribution is 2.19. The van der Waals surface area contributed by atoms with Gasteiger partial charge < -0.3 is 14.6 Å². The molecule has 1 atom stereocenters. The quantitative estimate of drug-likeness (QED) is 0.0373. The van der Waals surface area contributed by atoms with E-state index in [9.17, 15) is 14.7 Å². The highest BCUT2D eigenvalue weighted by molar-refractivity contribution is 5.70. The Labute approximate surface area is 559 Å². The van der Waals surface area contributed by atoms with E-state index in [1.165, 1.54) is 238 Å². The summed E-state index contributed by atoms with van der Waals surface area (Å²) >= 11 is 0. The third-order valence-corrected chi connectivity index (χ3v) is 16.9. The summed E-state index contributed by atoms with van der Waals surface area (Å²) < 4.78 is 10.8. The predicted octanol–water partition coefficient (Wildman–Crippen LogP) is 27.4. The van der Waals surface area contributed by atoms with E-state index < -0.39 is 6.10 Å². The van der Waals surface area contributed by atoms with Crippen LogP contribution in [0.1, 0.15) is 373 Å². The lowest BCUT2D eigenvalue weighted by Gasteiger charge is -2.15. The number of rotatable bonds is 71.